The van der Waals surface area contributed by atoms with Gasteiger partial charge in [0.15, 0.2) is 0 Å². The molecule has 48 valence electrons. The lowest BCUT2D eigenvalue weighted by molar-refractivity contribution is 0.251. The van der Waals surface area contributed by atoms with E-state index in [1.54, 1.807) is 0 Å². The van der Waals surface area contributed by atoms with Gasteiger partial charge in [0.25, 0.3) is 0 Å². The third kappa shape index (κ3) is 1.80. The van der Waals surface area contributed by atoms with E-state index in [4.69, 9.17) is 5.11 Å². The van der Waals surface area contributed by atoms with Gasteiger partial charge in [-0.2, -0.15) is 0 Å². The van der Waals surface area contributed by atoms with Crippen LogP contribution in [0.1, 0.15) is 19.8 Å². The summed E-state index contributed by atoms with van der Waals surface area (Å²) in [6, 6.07) is 1.01. The van der Waals surface area contributed by atoms with Crippen LogP contribution in [0, 0.1) is 0 Å². The molecule has 1 aliphatic carbocycles. The molecular weight excluding hydrogens is 102 g/mol. The average molecular weight is 115 g/mol. The molecule has 2 heteroatoms. The first-order valence-electron chi connectivity index (χ1n) is 3.20. The predicted molar refractivity (Wildman–Crippen MR) is 32.7 cm³/mol. The Balaban J connectivity index is 1.98. The Morgan fingerprint density at radius 1 is 1.75 bits per heavy atom. The van der Waals surface area contributed by atoms with E-state index in [2.05, 4.69) is 5.32 Å². The van der Waals surface area contributed by atoms with Gasteiger partial charge in [0.2, 0.25) is 0 Å². The predicted octanol–water partition coefficient (Wildman–Crippen LogP) is 0.119. The van der Waals surface area contributed by atoms with Crippen LogP contribution in [0.25, 0.3) is 0 Å². The first-order chi connectivity index (χ1) is 3.83. The first-order valence-corrected chi connectivity index (χ1v) is 3.20. The molecule has 1 aliphatic rings. The largest absolute Gasteiger partial charge is 0.395 e. The summed E-state index contributed by atoms with van der Waals surface area (Å²) in [4.78, 5) is 0. The van der Waals surface area contributed by atoms with E-state index in [0.717, 1.165) is 6.04 Å². The molecule has 1 saturated carbocycles. The SMILES string of the molecule is C[C@@H](CO)NC1CC1. The summed E-state index contributed by atoms with van der Waals surface area (Å²) in [6.45, 7) is 2.26. The highest BCUT2D eigenvalue weighted by Crippen LogP contribution is 2.18. The lowest BCUT2D eigenvalue weighted by Crippen LogP contribution is -2.30. The second kappa shape index (κ2) is 2.46. The molecule has 0 heterocycles. The van der Waals surface area contributed by atoms with E-state index < -0.39 is 0 Å². The molecule has 8 heavy (non-hydrogen) atoms. The minimum absolute atomic E-state index is 0.260. The molecule has 0 saturated heterocycles. The average Bonchev–Trinajstić information content (AvgIpc) is 2.50. The van der Waals surface area contributed by atoms with Crippen molar-refractivity contribution in [3.05, 3.63) is 0 Å². The summed E-state index contributed by atoms with van der Waals surface area (Å²) in [7, 11) is 0. The van der Waals surface area contributed by atoms with Gasteiger partial charge in [-0.05, 0) is 19.8 Å². The molecule has 0 aromatic carbocycles. The van der Waals surface area contributed by atoms with E-state index in [1.165, 1.54) is 12.8 Å². The van der Waals surface area contributed by atoms with E-state index in [1.807, 2.05) is 6.92 Å². The van der Waals surface area contributed by atoms with Gasteiger partial charge >= 0.3 is 0 Å². The van der Waals surface area contributed by atoms with Gasteiger partial charge in [0.05, 0.1) is 6.61 Å². The Labute approximate surface area is 49.9 Å². The molecule has 0 unspecified atom stereocenters. The monoisotopic (exact) mass is 115 g/mol. The van der Waals surface area contributed by atoms with Gasteiger partial charge < -0.3 is 10.4 Å². The van der Waals surface area contributed by atoms with Gasteiger partial charge in [-0.15, -0.1) is 0 Å². The molecule has 0 radical (unpaired) electrons. The van der Waals surface area contributed by atoms with Gasteiger partial charge in [-0.1, -0.05) is 0 Å². The number of rotatable bonds is 3. The molecule has 2 N–H and O–H groups in total. The summed E-state index contributed by atoms with van der Waals surface area (Å²) >= 11 is 0. The second-order valence-corrected chi connectivity index (χ2v) is 2.52. The Bertz CT molecular complexity index is 70.9. The van der Waals surface area contributed by atoms with Crippen molar-refractivity contribution in [1.82, 2.24) is 5.32 Å². The molecule has 0 bridgehead atoms. The zero-order valence-corrected chi connectivity index (χ0v) is 5.22. The van der Waals surface area contributed by atoms with Crippen molar-refractivity contribution < 1.29 is 5.11 Å². The van der Waals surface area contributed by atoms with Crippen LogP contribution in [0.2, 0.25) is 0 Å². The maximum atomic E-state index is 8.55. The van der Waals surface area contributed by atoms with Crippen molar-refractivity contribution in [3.8, 4) is 0 Å². The van der Waals surface area contributed by atoms with Crippen LogP contribution in [-0.2, 0) is 0 Å². The third-order valence-corrected chi connectivity index (χ3v) is 1.37. The molecule has 0 spiro atoms. The molecule has 0 aromatic rings. The zero-order valence-electron chi connectivity index (χ0n) is 5.22. The number of hydrogen-bond donors (Lipinski definition) is 2. The highest BCUT2D eigenvalue weighted by molar-refractivity contribution is 4.82. The Kier molecular flexibility index (Phi) is 1.86. The Morgan fingerprint density at radius 3 is 2.75 bits per heavy atom. The van der Waals surface area contributed by atoms with Crippen LogP contribution in [0.5, 0.6) is 0 Å². The van der Waals surface area contributed by atoms with Crippen molar-refractivity contribution in [2.75, 3.05) is 6.61 Å². The van der Waals surface area contributed by atoms with Gasteiger partial charge in [0, 0.05) is 12.1 Å². The number of nitrogens with one attached hydrogen (secondary N) is 1. The fraction of sp³-hybridized carbons (Fsp3) is 1.00. The van der Waals surface area contributed by atoms with Crippen LogP contribution in [-0.4, -0.2) is 23.8 Å². The molecule has 1 fully saturated rings. The van der Waals surface area contributed by atoms with Crippen molar-refractivity contribution in [1.29, 1.82) is 0 Å². The fourth-order valence-corrected chi connectivity index (χ4v) is 0.705. The van der Waals surface area contributed by atoms with Gasteiger partial charge in [0.1, 0.15) is 0 Å². The summed E-state index contributed by atoms with van der Waals surface area (Å²) in [5.41, 5.74) is 0. The smallest absolute Gasteiger partial charge is 0.0582 e. The normalized spacial score (nSPS) is 23.2. The van der Waals surface area contributed by atoms with Crippen molar-refractivity contribution in [2.24, 2.45) is 0 Å². The van der Waals surface area contributed by atoms with E-state index in [-0.39, 0.29) is 6.61 Å². The standard InChI is InChI=1S/C6H13NO/c1-5(4-8)7-6-2-3-6/h5-8H,2-4H2,1H3/t5-/m0/s1. The van der Waals surface area contributed by atoms with Crippen molar-refractivity contribution >= 4 is 0 Å². The molecule has 0 aromatic heterocycles. The van der Waals surface area contributed by atoms with Gasteiger partial charge in [-0.25, -0.2) is 0 Å². The summed E-state index contributed by atoms with van der Waals surface area (Å²) < 4.78 is 0. The van der Waals surface area contributed by atoms with E-state index in [0.29, 0.717) is 6.04 Å². The van der Waals surface area contributed by atoms with E-state index in [9.17, 15) is 0 Å². The molecule has 1 rings (SSSR count). The lowest BCUT2D eigenvalue weighted by atomic mass is 10.3. The quantitative estimate of drug-likeness (QED) is 0.547. The fourth-order valence-electron chi connectivity index (χ4n) is 0.705. The Hall–Kier alpha value is -0.0800. The summed E-state index contributed by atoms with van der Waals surface area (Å²) in [5, 5.41) is 11.8. The van der Waals surface area contributed by atoms with Crippen molar-refractivity contribution in [3.63, 3.8) is 0 Å². The highest BCUT2D eigenvalue weighted by Gasteiger charge is 2.21. The number of aliphatic hydroxyl groups is 1. The van der Waals surface area contributed by atoms with Crippen molar-refractivity contribution in [2.45, 2.75) is 31.8 Å². The maximum absolute atomic E-state index is 8.55. The van der Waals surface area contributed by atoms with Crippen LogP contribution in [0.3, 0.4) is 0 Å². The molecule has 0 amide bonds. The molecular formula is C6H13NO. The first kappa shape index (κ1) is 6.05. The second-order valence-electron chi connectivity index (χ2n) is 2.52. The highest BCUT2D eigenvalue weighted by atomic mass is 16.3. The van der Waals surface area contributed by atoms with Crippen LogP contribution in [0.4, 0.5) is 0 Å². The third-order valence-electron chi connectivity index (χ3n) is 1.37. The van der Waals surface area contributed by atoms with E-state index >= 15 is 0 Å². The molecule has 1 atom stereocenters. The molecule has 0 aliphatic heterocycles. The topological polar surface area (TPSA) is 32.3 Å². The maximum Gasteiger partial charge on any atom is 0.0582 e. The molecule has 2 nitrogen and oxygen atoms in total. The lowest BCUT2D eigenvalue weighted by Gasteiger charge is -2.07. The minimum Gasteiger partial charge on any atom is -0.395 e. The summed E-state index contributed by atoms with van der Waals surface area (Å²) in [6.07, 6.45) is 2.59. The Morgan fingerprint density at radius 2 is 2.38 bits per heavy atom. The van der Waals surface area contributed by atoms with Crippen LogP contribution >= 0.6 is 0 Å². The van der Waals surface area contributed by atoms with Gasteiger partial charge in [-0.3, -0.25) is 0 Å². The van der Waals surface area contributed by atoms with Crippen LogP contribution < -0.4 is 5.32 Å². The zero-order chi connectivity index (χ0) is 5.98. The number of aliphatic hydroxyl groups excluding tert-OH is 1. The van der Waals surface area contributed by atoms with Crippen LogP contribution in [0.15, 0.2) is 0 Å². The number of hydrogen-bond acceptors (Lipinski definition) is 2. The summed E-state index contributed by atoms with van der Waals surface area (Å²) in [5.74, 6) is 0. The minimum atomic E-state index is 0.260.